The van der Waals surface area contributed by atoms with E-state index >= 15 is 0 Å². The first-order chi connectivity index (χ1) is 6.79. The molecule has 2 rings (SSSR count). The van der Waals surface area contributed by atoms with Crippen LogP contribution < -0.4 is 5.19 Å². The smallest absolute Gasteiger partial charge is 0.0393 e. The van der Waals surface area contributed by atoms with Crippen LogP contribution in [0.1, 0.15) is 10.4 Å². The molecule has 0 aliphatic rings. The van der Waals surface area contributed by atoms with Gasteiger partial charge in [-0.3, -0.25) is 0 Å². The minimum atomic E-state index is 1.08. The fourth-order valence-electron chi connectivity index (χ4n) is 1.49. The molecule has 0 saturated carbocycles. The van der Waals surface area contributed by atoms with Crippen LogP contribution in [-0.2, 0) is 0 Å². The Labute approximate surface area is 91.3 Å². The van der Waals surface area contributed by atoms with Crippen molar-refractivity contribution in [3.8, 4) is 0 Å². The van der Waals surface area contributed by atoms with Crippen LogP contribution in [0.2, 0.25) is 0 Å². The standard InChI is InChI=1S/C12H12SSi/c1-9(11-6-4-8-13-11)10-5-2-3-7-12(10)14/h2-8H,1H2,14H3. The number of hydrogen-bond donors (Lipinski definition) is 0. The van der Waals surface area contributed by atoms with E-state index < -0.39 is 0 Å². The third-order valence-corrected chi connectivity index (χ3v) is 4.09. The minimum Gasteiger partial charge on any atom is -0.144 e. The Hall–Kier alpha value is -1.12. The van der Waals surface area contributed by atoms with Crippen molar-refractivity contribution >= 4 is 32.3 Å². The molecule has 0 spiro atoms. The molecule has 0 fully saturated rings. The Balaban J connectivity index is 2.42. The Kier molecular flexibility index (Phi) is 2.66. The number of rotatable bonds is 2. The van der Waals surface area contributed by atoms with E-state index in [1.54, 1.807) is 11.3 Å². The summed E-state index contributed by atoms with van der Waals surface area (Å²) in [6, 6.07) is 12.7. The van der Waals surface area contributed by atoms with Crippen LogP contribution in [0.15, 0.2) is 48.4 Å². The zero-order valence-electron chi connectivity index (χ0n) is 8.16. The zero-order chi connectivity index (χ0) is 9.97. The SMILES string of the molecule is C=C(c1cccs1)c1ccccc1[SiH3]. The van der Waals surface area contributed by atoms with Crippen LogP contribution >= 0.6 is 11.3 Å². The second-order valence-electron chi connectivity index (χ2n) is 3.27. The summed E-state index contributed by atoms with van der Waals surface area (Å²) < 4.78 is 0. The maximum absolute atomic E-state index is 4.16. The summed E-state index contributed by atoms with van der Waals surface area (Å²) in [4.78, 5) is 1.27. The molecule has 0 amide bonds. The van der Waals surface area contributed by atoms with Crippen molar-refractivity contribution < 1.29 is 0 Å². The zero-order valence-corrected chi connectivity index (χ0v) is 11.0. The first-order valence-corrected chi connectivity index (χ1v) is 6.46. The van der Waals surface area contributed by atoms with Gasteiger partial charge < -0.3 is 0 Å². The van der Waals surface area contributed by atoms with Crippen LogP contribution in [0.3, 0.4) is 0 Å². The third-order valence-electron chi connectivity index (χ3n) is 2.29. The van der Waals surface area contributed by atoms with Crippen LogP contribution in [0.4, 0.5) is 0 Å². The fourth-order valence-corrected chi connectivity index (χ4v) is 2.87. The number of benzene rings is 1. The molecule has 0 radical (unpaired) electrons. The molecule has 2 aromatic rings. The van der Waals surface area contributed by atoms with Crippen LogP contribution in [0.5, 0.6) is 0 Å². The molecule has 0 saturated heterocycles. The summed E-state index contributed by atoms with van der Waals surface area (Å²) in [5.41, 5.74) is 2.47. The topological polar surface area (TPSA) is 0 Å². The molecular weight excluding hydrogens is 204 g/mol. The van der Waals surface area contributed by atoms with Gasteiger partial charge in [0.15, 0.2) is 0 Å². The Morgan fingerprint density at radius 2 is 1.93 bits per heavy atom. The molecule has 0 unspecified atom stereocenters. The molecule has 0 N–H and O–H groups in total. The lowest BCUT2D eigenvalue weighted by atomic mass is 10.1. The lowest BCUT2D eigenvalue weighted by Crippen LogP contribution is -2.08. The van der Waals surface area contributed by atoms with Crippen molar-refractivity contribution in [2.45, 2.75) is 0 Å². The molecule has 0 bridgehead atoms. The molecule has 0 nitrogen and oxygen atoms in total. The number of thiophene rings is 1. The van der Waals surface area contributed by atoms with E-state index in [2.05, 4.69) is 48.4 Å². The normalized spacial score (nSPS) is 10.3. The van der Waals surface area contributed by atoms with Crippen molar-refractivity contribution in [2.75, 3.05) is 0 Å². The monoisotopic (exact) mass is 216 g/mol. The summed E-state index contributed by atoms with van der Waals surface area (Å²) in [6.45, 7) is 4.16. The van der Waals surface area contributed by atoms with E-state index in [-0.39, 0.29) is 0 Å². The second kappa shape index (κ2) is 3.94. The van der Waals surface area contributed by atoms with Gasteiger partial charge in [-0.15, -0.1) is 11.3 Å². The molecule has 14 heavy (non-hydrogen) atoms. The third kappa shape index (κ3) is 1.71. The van der Waals surface area contributed by atoms with Crippen molar-refractivity contribution in [1.29, 1.82) is 0 Å². The van der Waals surface area contributed by atoms with E-state index in [0.717, 1.165) is 15.8 Å². The first-order valence-electron chi connectivity index (χ1n) is 4.58. The summed E-state index contributed by atoms with van der Waals surface area (Å²) in [6.07, 6.45) is 0. The highest BCUT2D eigenvalue weighted by Crippen LogP contribution is 2.23. The van der Waals surface area contributed by atoms with Crippen LogP contribution in [0.25, 0.3) is 5.57 Å². The molecule has 0 atom stereocenters. The molecular formula is C12H12SSi. The van der Waals surface area contributed by atoms with Crippen molar-refractivity contribution in [3.63, 3.8) is 0 Å². The number of hydrogen-bond acceptors (Lipinski definition) is 1. The quantitative estimate of drug-likeness (QED) is 0.672. The van der Waals surface area contributed by atoms with E-state index in [0.29, 0.717) is 0 Å². The molecule has 1 heterocycles. The van der Waals surface area contributed by atoms with Gasteiger partial charge in [0.1, 0.15) is 0 Å². The second-order valence-corrected chi connectivity index (χ2v) is 5.30. The molecule has 1 aromatic carbocycles. The van der Waals surface area contributed by atoms with Crippen molar-refractivity contribution in [1.82, 2.24) is 0 Å². The average Bonchev–Trinajstić information content (AvgIpc) is 2.70. The predicted molar refractivity (Wildman–Crippen MR) is 68.5 cm³/mol. The predicted octanol–water partition coefficient (Wildman–Crippen LogP) is 1.80. The van der Waals surface area contributed by atoms with Gasteiger partial charge in [-0.1, -0.05) is 42.1 Å². The average molecular weight is 216 g/mol. The highest BCUT2D eigenvalue weighted by atomic mass is 32.1. The van der Waals surface area contributed by atoms with Gasteiger partial charge in [-0.05, 0) is 22.6 Å². The Morgan fingerprint density at radius 1 is 1.14 bits per heavy atom. The van der Waals surface area contributed by atoms with E-state index in [9.17, 15) is 0 Å². The van der Waals surface area contributed by atoms with Gasteiger partial charge in [0, 0.05) is 15.1 Å². The van der Waals surface area contributed by atoms with Crippen molar-refractivity contribution in [3.05, 3.63) is 58.8 Å². The fraction of sp³-hybridized carbons (Fsp3) is 0. The van der Waals surface area contributed by atoms with Gasteiger partial charge in [0.25, 0.3) is 0 Å². The van der Waals surface area contributed by atoms with Gasteiger partial charge in [0.05, 0.1) is 0 Å². The summed E-state index contributed by atoms with van der Waals surface area (Å²) in [5.74, 6) is 0. The van der Waals surface area contributed by atoms with Gasteiger partial charge >= 0.3 is 0 Å². The summed E-state index contributed by atoms with van der Waals surface area (Å²) in [5, 5.41) is 3.52. The van der Waals surface area contributed by atoms with Crippen molar-refractivity contribution in [2.24, 2.45) is 0 Å². The maximum Gasteiger partial charge on any atom is 0.0393 e. The van der Waals surface area contributed by atoms with Crippen LogP contribution in [-0.4, -0.2) is 10.2 Å². The highest BCUT2D eigenvalue weighted by Gasteiger charge is 2.04. The van der Waals surface area contributed by atoms with E-state index in [1.807, 2.05) is 0 Å². The molecule has 2 heteroatoms. The Bertz CT molecular complexity index is 443. The minimum absolute atomic E-state index is 1.08. The van der Waals surface area contributed by atoms with E-state index in [1.165, 1.54) is 15.6 Å². The molecule has 0 aliphatic carbocycles. The largest absolute Gasteiger partial charge is 0.144 e. The lowest BCUT2D eigenvalue weighted by Gasteiger charge is -2.06. The lowest BCUT2D eigenvalue weighted by molar-refractivity contribution is 1.67. The molecule has 0 aliphatic heterocycles. The van der Waals surface area contributed by atoms with Crippen LogP contribution in [0, 0.1) is 0 Å². The van der Waals surface area contributed by atoms with Gasteiger partial charge in [-0.2, -0.15) is 0 Å². The molecule has 1 aromatic heterocycles. The maximum atomic E-state index is 4.16. The first kappa shape index (κ1) is 9.43. The summed E-state index contributed by atoms with van der Waals surface area (Å²) in [7, 11) is 1.08. The molecule has 70 valence electrons. The Morgan fingerprint density at radius 3 is 2.57 bits per heavy atom. The van der Waals surface area contributed by atoms with Gasteiger partial charge in [-0.25, -0.2) is 0 Å². The highest BCUT2D eigenvalue weighted by molar-refractivity contribution is 7.11. The van der Waals surface area contributed by atoms with E-state index in [4.69, 9.17) is 0 Å². The summed E-state index contributed by atoms with van der Waals surface area (Å²) >= 11 is 1.75. The van der Waals surface area contributed by atoms with Gasteiger partial charge in [0.2, 0.25) is 0 Å².